The van der Waals surface area contributed by atoms with Crippen molar-refractivity contribution in [3.8, 4) is 0 Å². The van der Waals surface area contributed by atoms with Crippen LogP contribution in [0.2, 0.25) is 0 Å². The molecule has 0 aliphatic carbocycles. The molecular formula is C18H20F2N2O3S. The van der Waals surface area contributed by atoms with E-state index in [0.29, 0.717) is 5.56 Å². The van der Waals surface area contributed by atoms with E-state index in [4.69, 9.17) is 5.11 Å². The number of nitrogens with zero attached hydrogens (tertiary/aromatic N) is 2. The van der Waals surface area contributed by atoms with Gasteiger partial charge in [-0.05, 0) is 17.7 Å². The molecule has 140 valence electrons. The lowest BCUT2D eigenvalue weighted by Gasteiger charge is -2.21. The fourth-order valence-corrected chi connectivity index (χ4v) is 3.10. The van der Waals surface area contributed by atoms with Crippen molar-refractivity contribution in [1.29, 1.82) is 0 Å². The summed E-state index contributed by atoms with van der Waals surface area (Å²) < 4.78 is 26.5. The van der Waals surface area contributed by atoms with E-state index < -0.39 is 23.5 Å². The Morgan fingerprint density at radius 1 is 1.23 bits per heavy atom. The molecule has 1 aromatic heterocycles. The number of rotatable bonds is 6. The normalized spacial score (nSPS) is 11.4. The monoisotopic (exact) mass is 382 g/mol. The van der Waals surface area contributed by atoms with Gasteiger partial charge in [-0.1, -0.05) is 26.8 Å². The highest BCUT2D eigenvalue weighted by molar-refractivity contribution is 7.10. The number of benzene rings is 1. The van der Waals surface area contributed by atoms with Crippen molar-refractivity contribution in [2.45, 2.75) is 39.2 Å². The molecule has 8 heteroatoms. The molecule has 1 heterocycles. The number of thiazole rings is 1. The Morgan fingerprint density at radius 3 is 2.46 bits per heavy atom. The fraction of sp³-hybridized carbons (Fsp3) is 0.389. The Kier molecular flexibility index (Phi) is 6.07. The molecule has 0 spiro atoms. The first-order valence-corrected chi connectivity index (χ1v) is 8.87. The maximum atomic E-state index is 13.4. The number of hydrogen-bond donors (Lipinski definition) is 1. The third-order valence-electron chi connectivity index (χ3n) is 3.61. The van der Waals surface area contributed by atoms with Gasteiger partial charge in [0.1, 0.15) is 5.69 Å². The molecule has 0 bridgehead atoms. The third kappa shape index (κ3) is 5.08. The molecule has 2 rings (SSSR count). The smallest absolute Gasteiger partial charge is 0.305 e. The van der Waals surface area contributed by atoms with Gasteiger partial charge in [0.05, 0.1) is 11.4 Å². The quantitative estimate of drug-likeness (QED) is 0.824. The molecule has 1 aromatic carbocycles. The number of amides is 1. The van der Waals surface area contributed by atoms with Gasteiger partial charge in [0.2, 0.25) is 0 Å². The molecular weight excluding hydrogens is 362 g/mol. The fourth-order valence-electron chi connectivity index (χ4n) is 2.22. The minimum absolute atomic E-state index is 0.0360. The van der Waals surface area contributed by atoms with Crippen LogP contribution in [0.25, 0.3) is 0 Å². The summed E-state index contributed by atoms with van der Waals surface area (Å²) in [5.41, 5.74) is 0.372. The third-order valence-corrected chi connectivity index (χ3v) is 4.87. The van der Waals surface area contributed by atoms with E-state index in [9.17, 15) is 18.4 Å². The van der Waals surface area contributed by atoms with Gasteiger partial charge < -0.3 is 10.0 Å². The second-order valence-electron chi connectivity index (χ2n) is 6.91. The molecule has 0 aliphatic heterocycles. The van der Waals surface area contributed by atoms with Gasteiger partial charge in [0.15, 0.2) is 11.6 Å². The van der Waals surface area contributed by atoms with Crippen LogP contribution in [0, 0.1) is 11.6 Å². The lowest BCUT2D eigenvalue weighted by atomic mass is 9.98. The van der Waals surface area contributed by atoms with Crippen molar-refractivity contribution in [1.82, 2.24) is 9.88 Å². The second kappa shape index (κ2) is 7.90. The standard InChI is InChI=1S/C18H20F2N2O3S/c1-18(2,3)17-21-14(10-26-17)16(25)22(7-6-15(23)24)9-11-4-5-12(19)13(20)8-11/h4-5,8,10H,6-7,9H2,1-3H3,(H,23,24). The molecule has 2 aromatic rings. The summed E-state index contributed by atoms with van der Waals surface area (Å²) in [6.07, 6.45) is -0.258. The van der Waals surface area contributed by atoms with Crippen LogP contribution in [0.4, 0.5) is 8.78 Å². The van der Waals surface area contributed by atoms with Crippen molar-refractivity contribution in [3.63, 3.8) is 0 Å². The predicted molar refractivity (Wildman–Crippen MR) is 94.2 cm³/mol. The summed E-state index contributed by atoms with van der Waals surface area (Å²) in [5, 5.41) is 11.3. The van der Waals surface area contributed by atoms with Crippen molar-refractivity contribution in [3.05, 3.63) is 51.5 Å². The first-order chi connectivity index (χ1) is 12.1. The van der Waals surface area contributed by atoms with E-state index in [1.54, 1.807) is 5.38 Å². The largest absolute Gasteiger partial charge is 0.481 e. The highest BCUT2D eigenvalue weighted by Crippen LogP contribution is 2.26. The molecule has 5 nitrogen and oxygen atoms in total. The van der Waals surface area contributed by atoms with E-state index in [2.05, 4.69) is 4.98 Å². The van der Waals surface area contributed by atoms with Crippen LogP contribution in [-0.2, 0) is 16.8 Å². The number of carbonyl (C=O) groups is 2. The van der Waals surface area contributed by atoms with Crippen molar-refractivity contribution < 1.29 is 23.5 Å². The number of halogens is 2. The highest BCUT2D eigenvalue weighted by Gasteiger charge is 2.24. The Morgan fingerprint density at radius 2 is 1.92 bits per heavy atom. The van der Waals surface area contributed by atoms with Gasteiger partial charge in [-0.15, -0.1) is 11.3 Å². The first-order valence-electron chi connectivity index (χ1n) is 7.99. The lowest BCUT2D eigenvalue weighted by molar-refractivity contribution is -0.137. The number of hydrogen-bond acceptors (Lipinski definition) is 4. The van der Waals surface area contributed by atoms with E-state index >= 15 is 0 Å². The summed E-state index contributed by atoms with van der Waals surface area (Å²) in [6.45, 7) is 5.83. The number of aromatic nitrogens is 1. The average molecular weight is 382 g/mol. The zero-order chi connectivity index (χ0) is 19.5. The molecule has 0 unspecified atom stereocenters. The van der Waals surface area contributed by atoms with Crippen molar-refractivity contribution >= 4 is 23.2 Å². The SMILES string of the molecule is CC(C)(C)c1nc(C(=O)N(CCC(=O)O)Cc2ccc(F)c(F)c2)cs1. The van der Waals surface area contributed by atoms with E-state index in [-0.39, 0.29) is 30.6 Å². The lowest BCUT2D eigenvalue weighted by Crippen LogP contribution is -2.33. The van der Waals surface area contributed by atoms with Crippen LogP contribution in [-0.4, -0.2) is 33.4 Å². The number of carbonyl (C=O) groups excluding carboxylic acids is 1. The van der Waals surface area contributed by atoms with Crippen LogP contribution < -0.4 is 0 Å². The Balaban J connectivity index is 2.25. The molecule has 0 atom stereocenters. The Bertz CT molecular complexity index is 815. The van der Waals surface area contributed by atoms with Crippen LogP contribution >= 0.6 is 11.3 Å². The predicted octanol–water partition coefficient (Wildman–Crippen LogP) is 3.84. The molecule has 1 N–H and O–H groups in total. The molecule has 0 saturated carbocycles. The van der Waals surface area contributed by atoms with E-state index in [1.807, 2.05) is 20.8 Å². The van der Waals surface area contributed by atoms with Gasteiger partial charge in [-0.3, -0.25) is 9.59 Å². The molecule has 1 amide bonds. The van der Waals surface area contributed by atoms with Crippen molar-refractivity contribution in [2.24, 2.45) is 0 Å². The van der Waals surface area contributed by atoms with Crippen molar-refractivity contribution in [2.75, 3.05) is 6.54 Å². The molecule has 0 saturated heterocycles. The second-order valence-corrected chi connectivity index (χ2v) is 7.76. The zero-order valence-electron chi connectivity index (χ0n) is 14.8. The van der Waals surface area contributed by atoms with Gasteiger partial charge in [0.25, 0.3) is 5.91 Å². The zero-order valence-corrected chi connectivity index (χ0v) is 15.6. The topological polar surface area (TPSA) is 70.5 Å². The van der Waals surface area contributed by atoms with Gasteiger partial charge >= 0.3 is 5.97 Å². The Labute approximate surface area is 154 Å². The highest BCUT2D eigenvalue weighted by atomic mass is 32.1. The van der Waals surface area contributed by atoms with Crippen LogP contribution in [0.3, 0.4) is 0 Å². The van der Waals surface area contributed by atoms with E-state index in [0.717, 1.165) is 17.1 Å². The average Bonchev–Trinajstić information content (AvgIpc) is 3.04. The summed E-state index contributed by atoms with van der Waals surface area (Å²) >= 11 is 1.35. The maximum Gasteiger partial charge on any atom is 0.305 e. The molecule has 0 aliphatic rings. The minimum atomic E-state index is -1.05. The summed E-state index contributed by atoms with van der Waals surface area (Å²) in [7, 11) is 0. The van der Waals surface area contributed by atoms with Crippen LogP contribution in [0.5, 0.6) is 0 Å². The van der Waals surface area contributed by atoms with Gasteiger partial charge in [0, 0.05) is 23.9 Å². The number of aliphatic carboxylic acids is 1. The van der Waals surface area contributed by atoms with Gasteiger partial charge in [-0.25, -0.2) is 13.8 Å². The summed E-state index contributed by atoms with van der Waals surface area (Å²) in [4.78, 5) is 29.3. The summed E-state index contributed by atoms with van der Waals surface area (Å²) in [5.74, 6) is -3.49. The first kappa shape index (κ1) is 20.0. The number of carboxylic acid groups (broad SMARTS) is 1. The van der Waals surface area contributed by atoms with Crippen LogP contribution in [0.1, 0.15) is 48.3 Å². The van der Waals surface area contributed by atoms with Crippen LogP contribution in [0.15, 0.2) is 23.6 Å². The Hall–Kier alpha value is -2.35. The minimum Gasteiger partial charge on any atom is -0.481 e. The molecule has 26 heavy (non-hydrogen) atoms. The summed E-state index contributed by atoms with van der Waals surface area (Å²) in [6, 6.07) is 3.34. The number of carboxylic acids is 1. The molecule has 0 fully saturated rings. The molecule has 0 radical (unpaired) electrons. The maximum absolute atomic E-state index is 13.4. The van der Waals surface area contributed by atoms with Gasteiger partial charge in [-0.2, -0.15) is 0 Å². The van der Waals surface area contributed by atoms with E-state index in [1.165, 1.54) is 22.3 Å².